The molecule has 3 N–H and O–H groups in total. The first kappa shape index (κ1) is 13.9. The molecule has 0 aliphatic rings. The fourth-order valence-electron chi connectivity index (χ4n) is 2.27. The van der Waals surface area contributed by atoms with Gasteiger partial charge in [-0.05, 0) is 36.8 Å². The van der Waals surface area contributed by atoms with Gasteiger partial charge in [-0.3, -0.25) is 0 Å². The zero-order valence-corrected chi connectivity index (χ0v) is 12.4. The molecule has 3 aromatic rings. The van der Waals surface area contributed by atoms with E-state index in [9.17, 15) is 0 Å². The first-order valence-corrected chi connectivity index (χ1v) is 7.15. The number of aromatic nitrogens is 2. The Kier molecular flexibility index (Phi) is 3.82. The van der Waals surface area contributed by atoms with Crippen LogP contribution in [-0.2, 0) is 6.54 Å². The molecule has 0 aliphatic heterocycles. The van der Waals surface area contributed by atoms with Crippen LogP contribution in [0.2, 0.25) is 5.02 Å². The number of ether oxygens (including phenoxy) is 1. The van der Waals surface area contributed by atoms with Gasteiger partial charge in [0, 0.05) is 11.6 Å². The summed E-state index contributed by atoms with van der Waals surface area (Å²) in [5, 5.41) is 0.648. The molecule has 2 aromatic carbocycles. The minimum Gasteiger partial charge on any atom is -0.483 e. The van der Waals surface area contributed by atoms with Crippen molar-refractivity contribution in [2.24, 2.45) is 5.73 Å². The molecule has 3 rings (SSSR count). The number of imidazole rings is 1. The van der Waals surface area contributed by atoms with Crippen molar-refractivity contribution in [3.05, 3.63) is 58.9 Å². The molecule has 108 valence electrons. The third-order valence-corrected chi connectivity index (χ3v) is 3.56. The van der Waals surface area contributed by atoms with Gasteiger partial charge in [0.05, 0.1) is 11.0 Å². The number of para-hydroxylation sites is 1. The Bertz CT molecular complexity index is 769. The van der Waals surface area contributed by atoms with Crippen LogP contribution in [0.4, 0.5) is 0 Å². The highest BCUT2D eigenvalue weighted by Crippen LogP contribution is 2.25. The molecule has 21 heavy (non-hydrogen) atoms. The monoisotopic (exact) mass is 301 g/mol. The number of rotatable bonds is 4. The van der Waals surface area contributed by atoms with Crippen LogP contribution in [0.5, 0.6) is 5.75 Å². The number of nitrogens with one attached hydrogen (secondary N) is 1. The van der Waals surface area contributed by atoms with Crippen molar-refractivity contribution in [2.75, 3.05) is 0 Å². The summed E-state index contributed by atoms with van der Waals surface area (Å²) in [4.78, 5) is 7.89. The Morgan fingerprint density at radius 1 is 1.29 bits per heavy atom. The average Bonchev–Trinajstić information content (AvgIpc) is 2.91. The summed E-state index contributed by atoms with van der Waals surface area (Å²) >= 11 is 5.96. The van der Waals surface area contributed by atoms with E-state index in [1.54, 1.807) is 6.07 Å². The third kappa shape index (κ3) is 2.86. The highest BCUT2D eigenvalue weighted by Gasteiger charge is 2.14. The van der Waals surface area contributed by atoms with Crippen LogP contribution in [0.1, 0.15) is 24.4 Å². The van der Waals surface area contributed by atoms with Crippen LogP contribution in [0.15, 0.2) is 42.5 Å². The van der Waals surface area contributed by atoms with Gasteiger partial charge in [0.15, 0.2) is 6.10 Å². The van der Waals surface area contributed by atoms with Crippen LogP contribution < -0.4 is 10.5 Å². The number of halogens is 1. The number of H-pyrrole nitrogens is 1. The Labute approximate surface area is 127 Å². The maximum Gasteiger partial charge on any atom is 0.153 e. The summed E-state index contributed by atoms with van der Waals surface area (Å²) in [6.07, 6.45) is -0.207. The van der Waals surface area contributed by atoms with E-state index in [-0.39, 0.29) is 6.10 Å². The van der Waals surface area contributed by atoms with E-state index in [1.165, 1.54) is 0 Å². The Morgan fingerprint density at radius 2 is 2.10 bits per heavy atom. The largest absolute Gasteiger partial charge is 0.483 e. The van der Waals surface area contributed by atoms with E-state index in [2.05, 4.69) is 9.97 Å². The summed E-state index contributed by atoms with van der Waals surface area (Å²) in [5.41, 5.74) is 8.63. The van der Waals surface area contributed by atoms with Gasteiger partial charge in [-0.2, -0.15) is 0 Å². The number of nitrogens with zero attached hydrogens (tertiary/aromatic N) is 1. The van der Waals surface area contributed by atoms with E-state index in [0.717, 1.165) is 28.2 Å². The standard InChI is InChI=1S/C16H16ClN3O/c1-10(21-13-6-3-5-12(17)8-13)16-19-14-7-2-4-11(9-18)15(14)20-16/h2-8,10H,9,18H2,1H3,(H,19,20). The number of benzene rings is 2. The van der Waals surface area contributed by atoms with Crippen molar-refractivity contribution in [3.8, 4) is 5.75 Å². The Morgan fingerprint density at radius 3 is 2.86 bits per heavy atom. The molecule has 1 unspecified atom stereocenters. The van der Waals surface area contributed by atoms with E-state index < -0.39 is 0 Å². The second-order valence-corrected chi connectivity index (χ2v) is 5.29. The topological polar surface area (TPSA) is 63.9 Å². The van der Waals surface area contributed by atoms with Crippen LogP contribution in [0.25, 0.3) is 11.0 Å². The van der Waals surface area contributed by atoms with Gasteiger partial charge in [-0.25, -0.2) is 4.98 Å². The molecular weight excluding hydrogens is 286 g/mol. The van der Waals surface area contributed by atoms with Crippen molar-refractivity contribution in [3.63, 3.8) is 0 Å². The molecule has 0 fully saturated rings. The predicted molar refractivity (Wildman–Crippen MR) is 84.5 cm³/mol. The van der Waals surface area contributed by atoms with E-state index >= 15 is 0 Å². The fraction of sp³-hybridized carbons (Fsp3) is 0.188. The van der Waals surface area contributed by atoms with Crippen molar-refractivity contribution >= 4 is 22.6 Å². The summed E-state index contributed by atoms with van der Waals surface area (Å²) < 4.78 is 5.87. The van der Waals surface area contributed by atoms with Gasteiger partial charge in [0.25, 0.3) is 0 Å². The van der Waals surface area contributed by atoms with Crippen LogP contribution in [-0.4, -0.2) is 9.97 Å². The molecule has 0 aliphatic carbocycles. The van der Waals surface area contributed by atoms with Gasteiger partial charge in [-0.15, -0.1) is 0 Å². The lowest BCUT2D eigenvalue weighted by Gasteiger charge is -2.12. The van der Waals surface area contributed by atoms with E-state index in [0.29, 0.717) is 11.6 Å². The lowest BCUT2D eigenvalue weighted by Crippen LogP contribution is -2.05. The summed E-state index contributed by atoms with van der Waals surface area (Å²) in [6.45, 7) is 2.41. The maximum atomic E-state index is 5.96. The van der Waals surface area contributed by atoms with Crippen molar-refractivity contribution in [2.45, 2.75) is 19.6 Å². The van der Waals surface area contributed by atoms with Gasteiger partial charge in [0.2, 0.25) is 0 Å². The number of nitrogens with two attached hydrogens (primary N) is 1. The summed E-state index contributed by atoms with van der Waals surface area (Å²) in [6, 6.07) is 13.3. The molecule has 1 heterocycles. The van der Waals surface area contributed by atoms with Crippen LogP contribution in [0, 0.1) is 0 Å². The SMILES string of the molecule is CC(Oc1cccc(Cl)c1)c1nc2c(CN)cccc2[nH]1. The highest BCUT2D eigenvalue weighted by molar-refractivity contribution is 6.30. The maximum absolute atomic E-state index is 5.96. The minimum absolute atomic E-state index is 0.207. The van der Waals surface area contributed by atoms with Crippen molar-refractivity contribution < 1.29 is 4.74 Å². The number of aromatic amines is 1. The van der Waals surface area contributed by atoms with E-state index in [1.807, 2.05) is 43.3 Å². The Balaban J connectivity index is 1.89. The Hall–Kier alpha value is -2.04. The molecular formula is C16H16ClN3O. The molecule has 4 nitrogen and oxygen atoms in total. The normalized spacial score (nSPS) is 12.5. The lowest BCUT2D eigenvalue weighted by molar-refractivity contribution is 0.218. The zero-order chi connectivity index (χ0) is 14.8. The number of fused-ring (bicyclic) bond motifs is 1. The molecule has 0 bridgehead atoms. The lowest BCUT2D eigenvalue weighted by atomic mass is 10.2. The van der Waals surface area contributed by atoms with Crippen LogP contribution in [0.3, 0.4) is 0 Å². The first-order valence-electron chi connectivity index (χ1n) is 6.77. The molecule has 0 saturated carbocycles. The van der Waals surface area contributed by atoms with E-state index in [4.69, 9.17) is 22.1 Å². The van der Waals surface area contributed by atoms with Gasteiger partial charge >= 0.3 is 0 Å². The summed E-state index contributed by atoms with van der Waals surface area (Å²) in [5.74, 6) is 1.49. The molecule has 1 atom stereocenters. The van der Waals surface area contributed by atoms with Gasteiger partial charge < -0.3 is 15.5 Å². The molecule has 0 saturated heterocycles. The van der Waals surface area contributed by atoms with Gasteiger partial charge in [-0.1, -0.05) is 29.8 Å². The second-order valence-electron chi connectivity index (χ2n) is 4.86. The molecule has 5 heteroatoms. The zero-order valence-electron chi connectivity index (χ0n) is 11.6. The smallest absolute Gasteiger partial charge is 0.153 e. The number of hydrogen-bond acceptors (Lipinski definition) is 3. The minimum atomic E-state index is -0.207. The van der Waals surface area contributed by atoms with Crippen molar-refractivity contribution in [1.82, 2.24) is 9.97 Å². The van der Waals surface area contributed by atoms with Crippen LogP contribution >= 0.6 is 11.6 Å². The molecule has 0 spiro atoms. The second kappa shape index (κ2) is 5.76. The molecule has 0 amide bonds. The quantitative estimate of drug-likeness (QED) is 0.770. The van der Waals surface area contributed by atoms with Gasteiger partial charge in [0.1, 0.15) is 11.6 Å². The third-order valence-electron chi connectivity index (χ3n) is 3.33. The summed E-state index contributed by atoms with van der Waals surface area (Å²) in [7, 11) is 0. The highest BCUT2D eigenvalue weighted by atomic mass is 35.5. The average molecular weight is 302 g/mol. The fourth-order valence-corrected chi connectivity index (χ4v) is 2.45. The predicted octanol–water partition coefficient (Wildman–Crippen LogP) is 3.82. The molecule has 0 radical (unpaired) electrons. The van der Waals surface area contributed by atoms with Crippen molar-refractivity contribution in [1.29, 1.82) is 0 Å². The molecule has 1 aromatic heterocycles. The first-order chi connectivity index (χ1) is 10.2. The number of hydrogen-bond donors (Lipinski definition) is 2.